The summed E-state index contributed by atoms with van der Waals surface area (Å²) in [5.41, 5.74) is 0. The van der Waals surface area contributed by atoms with Crippen molar-refractivity contribution >= 4 is 16.9 Å². The van der Waals surface area contributed by atoms with E-state index in [1.54, 1.807) is 6.92 Å². The molecule has 0 aromatic rings. The van der Waals surface area contributed by atoms with Gasteiger partial charge in [-0.05, 0) is 6.42 Å². The topological polar surface area (TPSA) is 17.1 Å². The van der Waals surface area contributed by atoms with Crippen LogP contribution in [-0.4, -0.2) is 23.2 Å². The van der Waals surface area contributed by atoms with Crippen LogP contribution in [0.2, 0.25) is 0 Å². The van der Waals surface area contributed by atoms with Crippen molar-refractivity contribution in [1.29, 1.82) is 0 Å². The highest BCUT2D eigenvalue weighted by Gasteiger charge is 2.29. The molecule has 6 heteroatoms. The van der Waals surface area contributed by atoms with Gasteiger partial charge >= 0.3 is 0 Å². The van der Waals surface area contributed by atoms with Crippen molar-refractivity contribution in [3.63, 3.8) is 0 Å². The van der Waals surface area contributed by atoms with E-state index in [2.05, 4.69) is 0 Å². The van der Waals surface area contributed by atoms with E-state index in [1.807, 2.05) is 0 Å². The van der Waals surface area contributed by atoms with Crippen molar-refractivity contribution < 1.29 is 22.4 Å². The third kappa shape index (κ3) is 9.00. The molecule has 0 amide bonds. The second-order valence-corrected chi connectivity index (χ2v) is 4.62. The fourth-order valence-corrected chi connectivity index (χ4v) is 1.78. The van der Waals surface area contributed by atoms with Gasteiger partial charge < -0.3 is 0 Å². The highest BCUT2D eigenvalue weighted by atomic mass is 32.2. The number of carbonyl (C=O) groups excluding carboxylic acids is 1. The molecule has 0 aliphatic rings. The van der Waals surface area contributed by atoms with E-state index in [9.17, 15) is 22.4 Å². The van der Waals surface area contributed by atoms with Crippen molar-refractivity contribution in [3.05, 3.63) is 0 Å². The highest BCUT2D eigenvalue weighted by Crippen LogP contribution is 2.28. The molecule has 0 saturated carbocycles. The van der Waals surface area contributed by atoms with Crippen LogP contribution in [0.5, 0.6) is 0 Å². The summed E-state index contributed by atoms with van der Waals surface area (Å²) in [5, 5.41) is -0.0316. The van der Waals surface area contributed by atoms with Gasteiger partial charge in [0.15, 0.2) is 5.12 Å². The predicted molar refractivity (Wildman–Crippen MR) is 57.2 cm³/mol. The SMILES string of the molecule is CCC(=O)SCCCC(F)(F)CCC(F)F. The summed E-state index contributed by atoms with van der Waals surface area (Å²) in [6, 6.07) is 0. The van der Waals surface area contributed by atoms with Crippen LogP contribution in [-0.2, 0) is 4.79 Å². The average molecular weight is 260 g/mol. The van der Waals surface area contributed by atoms with Gasteiger partial charge in [0.2, 0.25) is 12.3 Å². The Kier molecular flexibility index (Phi) is 7.80. The third-order valence-electron chi connectivity index (χ3n) is 1.97. The second kappa shape index (κ2) is 7.92. The standard InChI is InChI=1S/C10H16F4OS/c1-2-9(15)16-7-3-5-10(13,14)6-4-8(11)12/h8H,2-7H2,1H3. The van der Waals surface area contributed by atoms with Crippen LogP contribution < -0.4 is 0 Å². The molecule has 16 heavy (non-hydrogen) atoms. The summed E-state index contributed by atoms with van der Waals surface area (Å²) in [4.78, 5) is 10.8. The molecule has 0 bridgehead atoms. The zero-order valence-electron chi connectivity index (χ0n) is 9.15. The van der Waals surface area contributed by atoms with E-state index >= 15 is 0 Å². The number of hydrogen-bond acceptors (Lipinski definition) is 2. The molecule has 96 valence electrons. The normalized spacial score (nSPS) is 12.1. The van der Waals surface area contributed by atoms with Crippen LogP contribution in [0.1, 0.15) is 39.0 Å². The largest absolute Gasteiger partial charge is 0.287 e. The van der Waals surface area contributed by atoms with E-state index in [0.717, 1.165) is 11.8 Å². The molecule has 0 saturated heterocycles. The minimum absolute atomic E-state index is 0.0316. The molecule has 0 rings (SSSR count). The fraction of sp³-hybridized carbons (Fsp3) is 0.900. The highest BCUT2D eigenvalue weighted by molar-refractivity contribution is 8.13. The van der Waals surface area contributed by atoms with Crippen LogP contribution in [0.3, 0.4) is 0 Å². The van der Waals surface area contributed by atoms with Crippen LogP contribution in [0, 0.1) is 0 Å². The van der Waals surface area contributed by atoms with Gasteiger partial charge in [0.1, 0.15) is 0 Å². The number of carbonyl (C=O) groups is 1. The fourth-order valence-electron chi connectivity index (χ4n) is 1.06. The quantitative estimate of drug-likeness (QED) is 0.482. The molecule has 0 aliphatic carbocycles. The van der Waals surface area contributed by atoms with Crippen molar-refractivity contribution in [2.75, 3.05) is 5.75 Å². The molecule has 0 aromatic carbocycles. The number of alkyl halides is 4. The van der Waals surface area contributed by atoms with Crippen LogP contribution in [0.15, 0.2) is 0 Å². The lowest BCUT2D eigenvalue weighted by atomic mass is 10.1. The summed E-state index contributed by atoms with van der Waals surface area (Å²) >= 11 is 1.02. The first-order valence-electron chi connectivity index (χ1n) is 5.19. The third-order valence-corrected chi connectivity index (χ3v) is 3.07. The first kappa shape index (κ1) is 15.7. The Morgan fingerprint density at radius 2 is 1.94 bits per heavy atom. The Bertz CT molecular complexity index is 209. The number of rotatable bonds is 8. The van der Waals surface area contributed by atoms with Crippen molar-refractivity contribution in [1.82, 2.24) is 0 Å². The molecule has 0 fully saturated rings. The molecular weight excluding hydrogens is 244 g/mol. The Labute approximate surface area is 97.0 Å². The van der Waals surface area contributed by atoms with Gasteiger partial charge in [-0.1, -0.05) is 18.7 Å². The van der Waals surface area contributed by atoms with Crippen LogP contribution >= 0.6 is 11.8 Å². The molecule has 0 atom stereocenters. The van der Waals surface area contributed by atoms with Gasteiger partial charge in [0.25, 0.3) is 0 Å². The van der Waals surface area contributed by atoms with E-state index in [4.69, 9.17) is 0 Å². The molecule has 0 radical (unpaired) electrons. The first-order chi connectivity index (χ1) is 7.37. The zero-order chi connectivity index (χ0) is 12.6. The lowest BCUT2D eigenvalue weighted by Gasteiger charge is -2.15. The maximum atomic E-state index is 13.0. The second-order valence-electron chi connectivity index (χ2n) is 3.46. The maximum Gasteiger partial charge on any atom is 0.248 e. The summed E-state index contributed by atoms with van der Waals surface area (Å²) in [5.74, 6) is -2.71. The van der Waals surface area contributed by atoms with Gasteiger partial charge in [-0.15, -0.1) is 0 Å². The lowest BCUT2D eigenvalue weighted by molar-refractivity contribution is -0.110. The number of halogens is 4. The van der Waals surface area contributed by atoms with Crippen molar-refractivity contribution in [2.45, 2.75) is 51.4 Å². The smallest absolute Gasteiger partial charge is 0.248 e. The maximum absolute atomic E-state index is 13.0. The Hall–Kier alpha value is -0.260. The minimum Gasteiger partial charge on any atom is -0.287 e. The number of thioether (sulfide) groups is 1. The van der Waals surface area contributed by atoms with Gasteiger partial charge in [-0.2, -0.15) is 0 Å². The van der Waals surface area contributed by atoms with E-state index in [-0.39, 0.29) is 11.5 Å². The molecule has 1 nitrogen and oxygen atoms in total. The summed E-state index contributed by atoms with van der Waals surface area (Å²) in [6.07, 6.45) is -4.10. The Morgan fingerprint density at radius 1 is 1.31 bits per heavy atom. The molecule has 0 N–H and O–H groups in total. The molecule has 0 heterocycles. The monoisotopic (exact) mass is 260 g/mol. The molecule has 0 aromatic heterocycles. The van der Waals surface area contributed by atoms with Crippen molar-refractivity contribution in [2.24, 2.45) is 0 Å². The molecule has 0 unspecified atom stereocenters. The lowest BCUT2D eigenvalue weighted by Crippen LogP contribution is -2.17. The van der Waals surface area contributed by atoms with Gasteiger partial charge in [0.05, 0.1) is 0 Å². The summed E-state index contributed by atoms with van der Waals surface area (Å²) in [6.45, 7) is 1.70. The van der Waals surface area contributed by atoms with Crippen LogP contribution in [0.4, 0.5) is 17.6 Å². The molecule has 0 spiro atoms. The number of hydrogen-bond donors (Lipinski definition) is 0. The minimum atomic E-state index is -3.04. The molecule has 0 aliphatic heterocycles. The van der Waals surface area contributed by atoms with Crippen LogP contribution in [0.25, 0.3) is 0 Å². The van der Waals surface area contributed by atoms with E-state index in [1.165, 1.54) is 0 Å². The van der Waals surface area contributed by atoms with E-state index in [0.29, 0.717) is 12.2 Å². The van der Waals surface area contributed by atoms with E-state index < -0.39 is 31.6 Å². The summed E-state index contributed by atoms with van der Waals surface area (Å²) < 4.78 is 49.4. The van der Waals surface area contributed by atoms with Gasteiger partial charge in [0, 0.05) is 31.4 Å². The predicted octanol–water partition coefficient (Wildman–Crippen LogP) is 4.12. The van der Waals surface area contributed by atoms with Gasteiger partial charge in [-0.3, -0.25) is 4.79 Å². The molecular formula is C10H16F4OS. The van der Waals surface area contributed by atoms with Crippen molar-refractivity contribution in [3.8, 4) is 0 Å². The Morgan fingerprint density at radius 3 is 2.44 bits per heavy atom. The first-order valence-corrected chi connectivity index (χ1v) is 6.17. The van der Waals surface area contributed by atoms with Gasteiger partial charge in [-0.25, -0.2) is 17.6 Å². The average Bonchev–Trinajstić information content (AvgIpc) is 2.21. The zero-order valence-corrected chi connectivity index (χ0v) is 9.96. The Balaban J connectivity index is 3.61. The summed E-state index contributed by atoms with van der Waals surface area (Å²) in [7, 11) is 0.